The quantitative estimate of drug-likeness (QED) is 0.484. The Bertz CT molecular complexity index is 990. The van der Waals surface area contributed by atoms with Crippen LogP contribution in [0.1, 0.15) is 55.5 Å². The van der Waals surface area contributed by atoms with Gasteiger partial charge in [0.25, 0.3) is 5.91 Å². The summed E-state index contributed by atoms with van der Waals surface area (Å²) in [7, 11) is 1.63. The zero-order chi connectivity index (χ0) is 23.4. The first-order chi connectivity index (χ1) is 15.9. The van der Waals surface area contributed by atoms with E-state index < -0.39 is 0 Å². The largest absolute Gasteiger partial charge is 0.355 e. The molecule has 0 unspecified atom stereocenters. The Hall–Kier alpha value is -2.94. The Kier molecular flexibility index (Phi) is 6.97. The highest BCUT2D eigenvalue weighted by molar-refractivity contribution is 5.95. The molecule has 0 bridgehead atoms. The van der Waals surface area contributed by atoms with Crippen molar-refractivity contribution in [2.75, 3.05) is 48.8 Å². The fraction of sp³-hybridized carbons (Fsp3) is 0.583. The normalized spacial score (nSPS) is 22.4. The summed E-state index contributed by atoms with van der Waals surface area (Å²) in [4.78, 5) is 28.6. The summed E-state index contributed by atoms with van der Waals surface area (Å²) in [6.45, 7) is 10.4. The molecule has 1 aromatic carbocycles. The van der Waals surface area contributed by atoms with Gasteiger partial charge in [0.1, 0.15) is 0 Å². The number of carbonyl (C=O) groups excluding carboxylic acids is 1. The van der Waals surface area contributed by atoms with Gasteiger partial charge in [0.15, 0.2) is 0 Å². The molecule has 2 aliphatic rings. The molecule has 2 saturated heterocycles. The lowest BCUT2D eigenvalue weighted by atomic mass is 9.85. The Balaban J connectivity index is 1.63. The molecule has 9 nitrogen and oxygen atoms in total. The van der Waals surface area contributed by atoms with E-state index in [0.717, 1.165) is 50.3 Å². The number of nitrogens with one attached hydrogen (secondary N) is 4. The maximum atomic E-state index is 12.1. The summed E-state index contributed by atoms with van der Waals surface area (Å²) >= 11 is 0. The molecule has 3 heterocycles. The molecule has 9 heteroatoms. The van der Waals surface area contributed by atoms with E-state index >= 15 is 0 Å². The van der Waals surface area contributed by atoms with Gasteiger partial charge < -0.3 is 26.2 Å². The lowest BCUT2D eigenvalue weighted by molar-refractivity contribution is 0.0963. The van der Waals surface area contributed by atoms with Gasteiger partial charge in [-0.25, -0.2) is 0 Å². The molecule has 4 N–H and O–H groups in total. The Labute approximate surface area is 196 Å². The van der Waals surface area contributed by atoms with Crippen molar-refractivity contribution in [3.05, 3.63) is 29.3 Å². The fourth-order valence-corrected chi connectivity index (χ4v) is 4.75. The molecule has 2 aliphatic heterocycles. The van der Waals surface area contributed by atoms with Crippen LogP contribution in [-0.2, 0) is 0 Å². The second-order valence-electron chi connectivity index (χ2n) is 9.58. The minimum absolute atomic E-state index is 0.127. The molecule has 1 amide bonds. The average Bonchev–Trinajstić information content (AvgIpc) is 3.44. The van der Waals surface area contributed by atoms with E-state index in [1.54, 1.807) is 7.05 Å². The topological polar surface area (TPSA) is 107 Å². The highest BCUT2D eigenvalue weighted by Gasteiger charge is 2.34. The summed E-state index contributed by atoms with van der Waals surface area (Å²) < 4.78 is 0. The predicted molar refractivity (Wildman–Crippen MR) is 132 cm³/mol. The van der Waals surface area contributed by atoms with Gasteiger partial charge in [-0.1, -0.05) is 26.3 Å². The minimum Gasteiger partial charge on any atom is -0.355 e. The average molecular weight is 453 g/mol. The number of rotatable bonds is 8. The third-order valence-corrected chi connectivity index (χ3v) is 6.68. The smallest absolute Gasteiger partial charge is 0.251 e. The number of aromatic nitrogens is 3. The first-order valence-corrected chi connectivity index (χ1v) is 12.0. The molecule has 2 fully saturated rings. The first-order valence-electron chi connectivity index (χ1n) is 12.0. The lowest BCUT2D eigenvalue weighted by Crippen LogP contribution is -2.28. The molecule has 0 saturated carbocycles. The van der Waals surface area contributed by atoms with E-state index in [9.17, 15) is 4.79 Å². The van der Waals surface area contributed by atoms with Gasteiger partial charge in [-0.05, 0) is 55.8 Å². The van der Waals surface area contributed by atoms with Crippen LogP contribution in [0.5, 0.6) is 0 Å². The van der Waals surface area contributed by atoms with Crippen LogP contribution in [0, 0.1) is 12.3 Å². The van der Waals surface area contributed by atoms with E-state index in [4.69, 9.17) is 9.97 Å². The number of carbonyl (C=O) groups is 1. The van der Waals surface area contributed by atoms with Crippen molar-refractivity contribution in [1.82, 2.24) is 25.6 Å². The van der Waals surface area contributed by atoms with Crippen molar-refractivity contribution in [2.45, 2.75) is 52.5 Å². The highest BCUT2D eigenvalue weighted by atomic mass is 16.1. The number of nitrogens with zero attached hydrogens (tertiary/aromatic N) is 4. The van der Waals surface area contributed by atoms with Crippen molar-refractivity contribution in [3.8, 4) is 0 Å². The zero-order valence-electron chi connectivity index (χ0n) is 20.2. The summed E-state index contributed by atoms with van der Waals surface area (Å²) in [5.74, 6) is 1.63. The second kappa shape index (κ2) is 9.91. The van der Waals surface area contributed by atoms with E-state index in [1.165, 1.54) is 12.8 Å². The van der Waals surface area contributed by atoms with Gasteiger partial charge >= 0.3 is 0 Å². The van der Waals surface area contributed by atoms with Gasteiger partial charge in [-0.3, -0.25) is 4.79 Å². The molecule has 2 aromatic rings. The van der Waals surface area contributed by atoms with Crippen LogP contribution in [0.4, 0.5) is 23.5 Å². The third kappa shape index (κ3) is 5.52. The number of benzene rings is 1. The molecular weight excluding hydrogens is 416 g/mol. The molecule has 4 rings (SSSR count). The van der Waals surface area contributed by atoms with Crippen LogP contribution >= 0.6 is 0 Å². The van der Waals surface area contributed by atoms with Gasteiger partial charge in [0.2, 0.25) is 17.8 Å². The summed E-state index contributed by atoms with van der Waals surface area (Å²) in [5, 5.41) is 12.9. The summed E-state index contributed by atoms with van der Waals surface area (Å²) in [6, 6.07) is 5.88. The lowest BCUT2D eigenvalue weighted by Gasteiger charge is -2.24. The van der Waals surface area contributed by atoms with Crippen LogP contribution in [-0.4, -0.2) is 60.1 Å². The number of aryl methyl sites for hydroxylation is 1. The van der Waals surface area contributed by atoms with Gasteiger partial charge in [-0.15, -0.1) is 0 Å². The van der Waals surface area contributed by atoms with Crippen LogP contribution in [0.2, 0.25) is 0 Å². The second-order valence-corrected chi connectivity index (χ2v) is 9.58. The van der Waals surface area contributed by atoms with Crippen molar-refractivity contribution >= 4 is 29.4 Å². The van der Waals surface area contributed by atoms with Crippen LogP contribution in [0.15, 0.2) is 18.2 Å². The standard InChI is InChI=1S/C24H36N8O/c1-5-9-24(3)10-12-32(15-24)23-30-21(27-18-8-11-26-14-18)29-22(31-23)28-19-13-17(20(33)25-4)7-6-16(19)2/h6-7,13,18,26H,5,8-12,14-15H2,1-4H3,(H,25,33)(H2,27,28,29,30,31)/t18-,24-/m1/s1. The first kappa shape index (κ1) is 23.2. The molecular formula is C24H36N8O. The molecule has 33 heavy (non-hydrogen) atoms. The summed E-state index contributed by atoms with van der Waals surface area (Å²) in [5.41, 5.74) is 2.69. The highest BCUT2D eigenvalue weighted by Crippen LogP contribution is 2.36. The van der Waals surface area contributed by atoms with Crippen LogP contribution in [0.3, 0.4) is 0 Å². The number of anilines is 4. The molecule has 0 spiro atoms. The number of hydrogen-bond acceptors (Lipinski definition) is 8. The van der Waals surface area contributed by atoms with Crippen LogP contribution in [0.25, 0.3) is 0 Å². The third-order valence-electron chi connectivity index (χ3n) is 6.68. The van der Waals surface area contributed by atoms with Crippen molar-refractivity contribution in [1.29, 1.82) is 0 Å². The van der Waals surface area contributed by atoms with Crippen molar-refractivity contribution in [3.63, 3.8) is 0 Å². The Morgan fingerprint density at radius 2 is 2.09 bits per heavy atom. The van der Waals surface area contributed by atoms with Gasteiger partial charge in [0, 0.05) is 44.0 Å². The van der Waals surface area contributed by atoms with E-state index in [2.05, 4.69) is 45.0 Å². The maximum Gasteiger partial charge on any atom is 0.251 e. The Morgan fingerprint density at radius 1 is 1.27 bits per heavy atom. The summed E-state index contributed by atoms with van der Waals surface area (Å²) in [6.07, 6.45) is 4.55. The molecule has 1 aromatic heterocycles. The van der Waals surface area contributed by atoms with Crippen molar-refractivity contribution < 1.29 is 4.79 Å². The van der Waals surface area contributed by atoms with Gasteiger partial charge in [-0.2, -0.15) is 15.0 Å². The van der Waals surface area contributed by atoms with E-state index in [1.807, 2.05) is 25.1 Å². The monoisotopic (exact) mass is 452 g/mol. The zero-order valence-corrected chi connectivity index (χ0v) is 20.2. The maximum absolute atomic E-state index is 12.1. The van der Waals surface area contributed by atoms with Crippen LogP contribution < -0.4 is 26.2 Å². The van der Waals surface area contributed by atoms with Crippen molar-refractivity contribution in [2.24, 2.45) is 5.41 Å². The predicted octanol–water partition coefficient (Wildman–Crippen LogP) is 3.07. The van der Waals surface area contributed by atoms with Gasteiger partial charge in [0.05, 0.1) is 0 Å². The van der Waals surface area contributed by atoms with E-state index in [-0.39, 0.29) is 11.3 Å². The number of hydrogen-bond donors (Lipinski definition) is 4. The molecule has 2 atom stereocenters. The molecule has 0 aliphatic carbocycles. The molecule has 178 valence electrons. The van der Waals surface area contributed by atoms with E-state index in [0.29, 0.717) is 29.5 Å². The molecule has 0 radical (unpaired) electrons. The number of amides is 1. The minimum atomic E-state index is -0.127. The fourth-order valence-electron chi connectivity index (χ4n) is 4.75. The SMILES string of the molecule is CCC[C@]1(C)CCN(c2nc(Nc3cc(C(=O)NC)ccc3C)nc(N[C@@H]3CCNC3)n2)C1. The Morgan fingerprint density at radius 3 is 2.82 bits per heavy atom.